The Morgan fingerprint density at radius 1 is 1.38 bits per heavy atom. The summed E-state index contributed by atoms with van der Waals surface area (Å²) in [5.74, 6) is 0.853. The second-order valence-corrected chi connectivity index (χ2v) is 3.43. The van der Waals surface area contributed by atoms with Gasteiger partial charge in [-0.05, 0) is 32.4 Å². The fourth-order valence-electron chi connectivity index (χ4n) is 1.17. The first kappa shape index (κ1) is 10.1. The van der Waals surface area contributed by atoms with Gasteiger partial charge in [-0.2, -0.15) is 0 Å². The van der Waals surface area contributed by atoms with Crippen molar-refractivity contribution in [1.82, 2.24) is 0 Å². The van der Waals surface area contributed by atoms with E-state index in [9.17, 15) is 0 Å². The van der Waals surface area contributed by atoms with E-state index in [-0.39, 0.29) is 0 Å². The van der Waals surface area contributed by atoms with Gasteiger partial charge in [0.25, 0.3) is 0 Å². The van der Waals surface area contributed by atoms with Gasteiger partial charge in [-0.3, -0.25) is 0 Å². The number of benzene rings is 1. The summed E-state index contributed by atoms with van der Waals surface area (Å²) in [5.41, 5.74) is 2.34. The SMILES string of the molecule is Cc1ccc(OCC(C)O)c(C)c1. The highest BCUT2D eigenvalue weighted by Crippen LogP contribution is 2.18. The van der Waals surface area contributed by atoms with Gasteiger partial charge in [0.1, 0.15) is 12.4 Å². The van der Waals surface area contributed by atoms with Crippen molar-refractivity contribution in [2.24, 2.45) is 0 Å². The smallest absolute Gasteiger partial charge is 0.122 e. The summed E-state index contributed by atoms with van der Waals surface area (Å²) in [6, 6.07) is 6.01. The number of aliphatic hydroxyl groups excluding tert-OH is 1. The van der Waals surface area contributed by atoms with E-state index in [2.05, 4.69) is 6.07 Å². The Hall–Kier alpha value is -1.02. The van der Waals surface area contributed by atoms with Crippen molar-refractivity contribution in [2.45, 2.75) is 26.9 Å². The lowest BCUT2D eigenvalue weighted by molar-refractivity contribution is 0.122. The highest BCUT2D eigenvalue weighted by atomic mass is 16.5. The Morgan fingerprint density at radius 3 is 2.62 bits per heavy atom. The molecule has 72 valence electrons. The Morgan fingerprint density at radius 2 is 2.08 bits per heavy atom. The van der Waals surface area contributed by atoms with Crippen LogP contribution in [0.3, 0.4) is 0 Å². The molecule has 0 spiro atoms. The van der Waals surface area contributed by atoms with Crippen molar-refractivity contribution in [1.29, 1.82) is 0 Å². The minimum atomic E-state index is -0.416. The quantitative estimate of drug-likeness (QED) is 0.771. The van der Waals surface area contributed by atoms with Crippen molar-refractivity contribution in [3.05, 3.63) is 29.3 Å². The Kier molecular flexibility index (Phi) is 3.32. The average molecular weight is 180 g/mol. The van der Waals surface area contributed by atoms with E-state index in [1.54, 1.807) is 6.92 Å². The maximum absolute atomic E-state index is 9.03. The molecule has 0 radical (unpaired) electrons. The van der Waals surface area contributed by atoms with E-state index in [0.29, 0.717) is 6.61 Å². The second kappa shape index (κ2) is 4.28. The van der Waals surface area contributed by atoms with Crippen LogP contribution in [-0.2, 0) is 0 Å². The van der Waals surface area contributed by atoms with E-state index in [1.165, 1.54) is 5.56 Å². The summed E-state index contributed by atoms with van der Waals surface area (Å²) < 4.78 is 5.40. The topological polar surface area (TPSA) is 29.5 Å². The summed E-state index contributed by atoms with van der Waals surface area (Å²) in [7, 11) is 0. The largest absolute Gasteiger partial charge is 0.491 e. The molecule has 0 aliphatic rings. The van der Waals surface area contributed by atoms with Crippen LogP contribution in [-0.4, -0.2) is 17.8 Å². The van der Waals surface area contributed by atoms with Crippen LogP contribution in [0.2, 0.25) is 0 Å². The third kappa shape index (κ3) is 3.07. The zero-order chi connectivity index (χ0) is 9.84. The average Bonchev–Trinajstić information content (AvgIpc) is 2.02. The summed E-state index contributed by atoms with van der Waals surface area (Å²) >= 11 is 0. The van der Waals surface area contributed by atoms with Crippen LogP contribution >= 0.6 is 0 Å². The molecule has 0 saturated carbocycles. The second-order valence-electron chi connectivity index (χ2n) is 3.43. The van der Waals surface area contributed by atoms with Crippen molar-refractivity contribution in [2.75, 3.05) is 6.61 Å². The van der Waals surface area contributed by atoms with Crippen LogP contribution in [0.1, 0.15) is 18.1 Å². The molecular weight excluding hydrogens is 164 g/mol. The molecular formula is C11H16O2. The molecule has 1 aromatic rings. The van der Waals surface area contributed by atoms with Gasteiger partial charge < -0.3 is 9.84 Å². The minimum absolute atomic E-state index is 0.351. The molecule has 1 N–H and O–H groups in total. The van der Waals surface area contributed by atoms with Gasteiger partial charge in [0, 0.05) is 0 Å². The standard InChI is InChI=1S/C11H16O2/c1-8-4-5-11(9(2)6-8)13-7-10(3)12/h4-6,10,12H,7H2,1-3H3. The maximum Gasteiger partial charge on any atom is 0.122 e. The lowest BCUT2D eigenvalue weighted by Gasteiger charge is -2.10. The first-order valence-corrected chi connectivity index (χ1v) is 4.47. The molecule has 1 aromatic carbocycles. The summed E-state index contributed by atoms with van der Waals surface area (Å²) in [6.07, 6.45) is -0.416. The van der Waals surface area contributed by atoms with Gasteiger partial charge in [0.2, 0.25) is 0 Å². The molecule has 0 aromatic heterocycles. The molecule has 0 amide bonds. The fourth-order valence-corrected chi connectivity index (χ4v) is 1.17. The molecule has 0 saturated heterocycles. The molecule has 0 bridgehead atoms. The predicted molar refractivity (Wildman–Crippen MR) is 53.1 cm³/mol. The number of aliphatic hydroxyl groups is 1. The molecule has 13 heavy (non-hydrogen) atoms. The van der Waals surface area contributed by atoms with Crippen LogP contribution < -0.4 is 4.74 Å². The van der Waals surface area contributed by atoms with Crippen molar-refractivity contribution in [3.8, 4) is 5.75 Å². The third-order valence-electron chi connectivity index (χ3n) is 1.81. The van der Waals surface area contributed by atoms with E-state index < -0.39 is 6.10 Å². The van der Waals surface area contributed by atoms with Crippen LogP contribution in [0.4, 0.5) is 0 Å². The van der Waals surface area contributed by atoms with Gasteiger partial charge in [-0.25, -0.2) is 0 Å². The number of aryl methyl sites for hydroxylation is 2. The maximum atomic E-state index is 9.03. The third-order valence-corrected chi connectivity index (χ3v) is 1.81. The van der Waals surface area contributed by atoms with E-state index >= 15 is 0 Å². The molecule has 1 rings (SSSR count). The van der Waals surface area contributed by atoms with Gasteiger partial charge in [-0.1, -0.05) is 17.7 Å². The monoisotopic (exact) mass is 180 g/mol. The lowest BCUT2D eigenvalue weighted by Crippen LogP contribution is -2.13. The van der Waals surface area contributed by atoms with E-state index in [4.69, 9.17) is 9.84 Å². The van der Waals surface area contributed by atoms with Gasteiger partial charge in [0.15, 0.2) is 0 Å². The molecule has 2 heteroatoms. The summed E-state index contributed by atoms with van der Waals surface area (Å²) in [6.45, 7) is 6.11. The number of hydrogen-bond acceptors (Lipinski definition) is 2. The molecule has 1 atom stereocenters. The summed E-state index contributed by atoms with van der Waals surface area (Å²) in [5, 5.41) is 9.03. The Balaban J connectivity index is 2.67. The molecule has 2 nitrogen and oxygen atoms in total. The van der Waals surface area contributed by atoms with Gasteiger partial charge in [0.05, 0.1) is 6.10 Å². The molecule has 0 aliphatic heterocycles. The lowest BCUT2D eigenvalue weighted by atomic mass is 10.1. The molecule has 0 fully saturated rings. The zero-order valence-corrected chi connectivity index (χ0v) is 8.37. The first-order valence-electron chi connectivity index (χ1n) is 4.47. The van der Waals surface area contributed by atoms with Gasteiger partial charge in [-0.15, -0.1) is 0 Å². The van der Waals surface area contributed by atoms with Crippen LogP contribution in [0.25, 0.3) is 0 Å². The number of ether oxygens (including phenoxy) is 1. The highest BCUT2D eigenvalue weighted by molar-refractivity contribution is 5.35. The zero-order valence-electron chi connectivity index (χ0n) is 8.37. The van der Waals surface area contributed by atoms with Crippen LogP contribution in [0, 0.1) is 13.8 Å². The Bertz CT molecular complexity index is 279. The van der Waals surface area contributed by atoms with Crippen LogP contribution in [0.15, 0.2) is 18.2 Å². The van der Waals surface area contributed by atoms with Gasteiger partial charge >= 0.3 is 0 Å². The van der Waals surface area contributed by atoms with Crippen molar-refractivity contribution >= 4 is 0 Å². The molecule has 0 aliphatic carbocycles. The molecule has 0 heterocycles. The van der Waals surface area contributed by atoms with E-state index in [1.807, 2.05) is 26.0 Å². The summed E-state index contributed by atoms with van der Waals surface area (Å²) in [4.78, 5) is 0. The van der Waals surface area contributed by atoms with Crippen molar-refractivity contribution < 1.29 is 9.84 Å². The highest BCUT2D eigenvalue weighted by Gasteiger charge is 2.01. The Labute approximate surface area is 79.2 Å². The normalized spacial score (nSPS) is 12.6. The fraction of sp³-hybridized carbons (Fsp3) is 0.455. The predicted octanol–water partition coefficient (Wildman–Crippen LogP) is 2.06. The first-order chi connectivity index (χ1) is 6.09. The number of rotatable bonds is 3. The van der Waals surface area contributed by atoms with Crippen molar-refractivity contribution in [3.63, 3.8) is 0 Å². The number of hydrogen-bond donors (Lipinski definition) is 1. The minimum Gasteiger partial charge on any atom is -0.491 e. The van der Waals surface area contributed by atoms with E-state index in [0.717, 1.165) is 11.3 Å². The molecule has 1 unspecified atom stereocenters. The van der Waals surface area contributed by atoms with Crippen LogP contribution in [0.5, 0.6) is 5.75 Å².